The van der Waals surface area contributed by atoms with E-state index in [2.05, 4.69) is 17.1 Å². The molecule has 0 atom stereocenters. The van der Waals surface area contributed by atoms with Gasteiger partial charge in [-0.3, -0.25) is 9.98 Å². The van der Waals surface area contributed by atoms with Gasteiger partial charge in [0.05, 0.1) is 22.0 Å². The van der Waals surface area contributed by atoms with E-state index in [-0.39, 0.29) is 0 Å². The molecule has 0 saturated carbocycles. The van der Waals surface area contributed by atoms with Crippen molar-refractivity contribution in [2.45, 2.75) is 6.42 Å². The van der Waals surface area contributed by atoms with Crippen LogP contribution < -0.4 is 4.80 Å². The zero-order chi connectivity index (χ0) is 20.8. The lowest BCUT2D eigenvalue weighted by Gasteiger charge is -2.05. The first-order chi connectivity index (χ1) is 14.7. The van der Waals surface area contributed by atoms with Gasteiger partial charge in [0.15, 0.2) is 0 Å². The molecule has 0 amide bonds. The molecular weight excluding hydrogens is 435 g/mol. The Hall–Kier alpha value is -2.73. The summed E-state index contributed by atoms with van der Waals surface area (Å²) in [5.41, 5.74) is 4.05. The van der Waals surface area contributed by atoms with E-state index in [1.165, 1.54) is 5.56 Å². The summed E-state index contributed by atoms with van der Waals surface area (Å²) in [5.74, 6) is 0. The average Bonchev–Trinajstić information content (AvgIpc) is 3.18. The Morgan fingerprint density at radius 2 is 1.77 bits per heavy atom. The Balaban J connectivity index is 1.70. The first-order valence-corrected chi connectivity index (χ1v) is 11.0. The van der Waals surface area contributed by atoms with Crippen LogP contribution in [0.3, 0.4) is 0 Å². The van der Waals surface area contributed by atoms with E-state index in [9.17, 15) is 0 Å². The van der Waals surface area contributed by atoms with Crippen LogP contribution in [0.1, 0.15) is 11.1 Å². The molecule has 2 aromatic heterocycles. The average molecular weight is 453 g/mol. The Morgan fingerprint density at radius 3 is 2.53 bits per heavy atom. The molecule has 0 radical (unpaired) electrons. The Labute approximate surface area is 188 Å². The summed E-state index contributed by atoms with van der Waals surface area (Å²) in [6.45, 7) is 0.677. The Kier molecular flexibility index (Phi) is 6.74. The van der Waals surface area contributed by atoms with Crippen LogP contribution in [-0.2, 0) is 6.42 Å². The van der Waals surface area contributed by atoms with Gasteiger partial charge in [0.1, 0.15) is 0 Å². The second-order valence-electron chi connectivity index (χ2n) is 6.49. The molecule has 0 unspecified atom stereocenters. The molecule has 0 bridgehead atoms. The zero-order valence-electron chi connectivity index (χ0n) is 16.0. The van der Waals surface area contributed by atoms with E-state index >= 15 is 0 Å². The smallest absolute Gasteiger partial charge is 0.206 e. The predicted octanol–water partition coefficient (Wildman–Crippen LogP) is 5.94. The molecule has 2 aromatic carbocycles. The second kappa shape index (κ2) is 9.85. The number of hydrogen-bond acceptors (Lipinski definition) is 4. The second-order valence-corrected chi connectivity index (χ2v) is 8.14. The third-order valence-electron chi connectivity index (χ3n) is 4.42. The number of benzene rings is 2. The number of pyridine rings is 1. The topological polar surface area (TPSA) is 42.5 Å². The molecule has 4 nitrogen and oxygen atoms in total. The summed E-state index contributed by atoms with van der Waals surface area (Å²) in [4.78, 5) is 9.66. The maximum Gasteiger partial charge on any atom is 0.206 e. The molecule has 4 aromatic rings. The largest absolute Gasteiger partial charge is 0.265 e. The number of aromatic nitrogens is 2. The summed E-state index contributed by atoms with van der Waals surface area (Å²) in [6.07, 6.45) is 6.15. The highest BCUT2D eigenvalue weighted by molar-refractivity contribution is 7.07. The molecule has 0 aliphatic carbocycles. The molecule has 4 rings (SSSR count). The van der Waals surface area contributed by atoms with Crippen LogP contribution in [0.25, 0.3) is 11.3 Å². The number of hydrogen-bond donors (Lipinski definition) is 0. The minimum absolute atomic E-state index is 0.507. The van der Waals surface area contributed by atoms with Crippen LogP contribution in [0.5, 0.6) is 0 Å². The van der Waals surface area contributed by atoms with Crippen molar-refractivity contribution in [3.05, 3.63) is 104 Å². The van der Waals surface area contributed by atoms with E-state index in [0.717, 1.165) is 28.0 Å². The zero-order valence-corrected chi connectivity index (χ0v) is 18.3. The van der Waals surface area contributed by atoms with Gasteiger partial charge in [-0.2, -0.15) is 5.10 Å². The molecule has 2 heterocycles. The molecular formula is C23H18Cl2N4S. The molecule has 0 spiro atoms. The van der Waals surface area contributed by atoms with Gasteiger partial charge in [-0.15, -0.1) is 11.3 Å². The summed E-state index contributed by atoms with van der Waals surface area (Å²) < 4.78 is 1.84. The molecule has 0 fully saturated rings. The quantitative estimate of drug-likeness (QED) is 0.333. The predicted molar refractivity (Wildman–Crippen MR) is 126 cm³/mol. The standard InChI is InChI=1S/C23H18Cl2N4S/c24-20-7-6-19(14-21(20)25)22-16-30-23(27-13-10-17-4-2-1-3-5-17)29(22)28-15-18-8-11-26-12-9-18/h1-9,11-12,14-16H,10,13H2. The highest BCUT2D eigenvalue weighted by Crippen LogP contribution is 2.28. The van der Waals surface area contributed by atoms with Crippen molar-refractivity contribution in [2.75, 3.05) is 6.54 Å². The number of rotatable bonds is 6. The third-order valence-corrected chi connectivity index (χ3v) is 6.01. The van der Waals surface area contributed by atoms with Gasteiger partial charge in [0.2, 0.25) is 4.80 Å². The van der Waals surface area contributed by atoms with Gasteiger partial charge in [-0.1, -0.05) is 59.6 Å². The monoisotopic (exact) mass is 452 g/mol. The minimum atomic E-state index is 0.507. The van der Waals surface area contributed by atoms with Gasteiger partial charge in [-0.25, -0.2) is 4.68 Å². The fourth-order valence-corrected chi connectivity index (χ4v) is 4.03. The lowest BCUT2D eigenvalue weighted by Crippen LogP contribution is -2.13. The fraction of sp³-hybridized carbons (Fsp3) is 0.0870. The molecule has 0 saturated heterocycles. The summed E-state index contributed by atoms with van der Waals surface area (Å²) in [7, 11) is 0. The number of thiazole rings is 1. The first kappa shape index (κ1) is 20.5. The van der Waals surface area contributed by atoms with E-state index in [0.29, 0.717) is 16.6 Å². The van der Waals surface area contributed by atoms with E-state index < -0.39 is 0 Å². The van der Waals surface area contributed by atoms with Crippen LogP contribution in [0.2, 0.25) is 10.0 Å². The Bertz CT molecular complexity index is 1210. The van der Waals surface area contributed by atoms with Crippen molar-refractivity contribution in [1.82, 2.24) is 9.66 Å². The van der Waals surface area contributed by atoms with Crippen LogP contribution >= 0.6 is 34.5 Å². The van der Waals surface area contributed by atoms with Crippen molar-refractivity contribution >= 4 is 40.8 Å². The van der Waals surface area contributed by atoms with Gasteiger partial charge in [0.25, 0.3) is 0 Å². The van der Waals surface area contributed by atoms with E-state index in [1.807, 2.05) is 52.5 Å². The van der Waals surface area contributed by atoms with Crippen molar-refractivity contribution < 1.29 is 0 Å². The molecule has 150 valence electrons. The van der Waals surface area contributed by atoms with Gasteiger partial charge in [-0.05, 0) is 41.8 Å². The van der Waals surface area contributed by atoms with Crippen LogP contribution in [0.4, 0.5) is 0 Å². The van der Waals surface area contributed by atoms with Crippen LogP contribution in [-0.4, -0.2) is 22.4 Å². The van der Waals surface area contributed by atoms with Crippen molar-refractivity contribution in [2.24, 2.45) is 10.1 Å². The minimum Gasteiger partial charge on any atom is -0.265 e. The van der Waals surface area contributed by atoms with Crippen LogP contribution in [0, 0.1) is 0 Å². The number of halogens is 2. The first-order valence-electron chi connectivity index (χ1n) is 9.35. The highest BCUT2D eigenvalue weighted by atomic mass is 35.5. The van der Waals surface area contributed by atoms with Gasteiger partial charge in [0, 0.05) is 29.9 Å². The maximum atomic E-state index is 6.24. The summed E-state index contributed by atoms with van der Waals surface area (Å²) in [6, 6.07) is 19.7. The van der Waals surface area contributed by atoms with Crippen molar-refractivity contribution in [3.8, 4) is 11.3 Å². The van der Waals surface area contributed by atoms with E-state index in [1.54, 1.807) is 36.0 Å². The van der Waals surface area contributed by atoms with Crippen molar-refractivity contribution in [1.29, 1.82) is 0 Å². The molecule has 30 heavy (non-hydrogen) atoms. The van der Waals surface area contributed by atoms with Crippen molar-refractivity contribution in [3.63, 3.8) is 0 Å². The lowest BCUT2D eigenvalue weighted by molar-refractivity contribution is 0.816. The Morgan fingerprint density at radius 1 is 0.967 bits per heavy atom. The maximum absolute atomic E-state index is 6.24. The summed E-state index contributed by atoms with van der Waals surface area (Å²) in [5, 5.41) is 7.76. The van der Waals surface area contributed by atoms with Gasteiger partial charge >= 0.3 is 0 Å². The number of nitrogens with zero attached hydrogens (tertiary/aromatic N) is 4. The third kappa shape index (κ3) is 5.05. The van der Waals surface area contributed by atoms with Crippen LogP contribution in [0.15, 0.2) is 88.5 Å². The molecule has 0 aliphatic heterocycles. The van der Waals surface area contributed by atoms with E-state index in [4.69, 9.17) is 33.3 Å². The SMILES string of the molecule is Clc1ccc(-c2csc(=NCCc3ccccc3)n2N=Cc2ccncc2)cc1Cl. The summed E-state index contributed by atoms with van der Waals surface area (Å²) >= 11 is 13.9. The fourth-order valence-electron chi connectivity index (χ4n) is 2.87. The van der Waals surface area contributed by atoms with Gasteiger partial charge < -0.3 is 0 Å². The highest BCUT2D eigenvalue weighted by Gasteiger charge is 2.09. The normalized spacial score (nSPS) is 12.0. The molecule has 0 aliphatic rings. The molecule has 7 heteroatoms. The lowest BCUT2D eigenvalue weighted by atomic mass is 10.2. The molecule has 0 N–H and O–H groups in total.